The number of hydrogen-bond acceptors (Lipinski definition) is 3. The molecule has 0 bridgehead atoms. The van der Waals surface area contributed by atoms with Crippen LogP contribution in [-0.4, -0.2) is 56.8 Å². The first-order valence-corrected chi connectivity index (χ1v) is 10.8. The molecule has 2 N–H and O–H groups in total. The second-order valence-corrected chi connectivity index (χ2v) is 9.23. The molecule has 0 amide bonds. The maximum Gasteiger partial charge on any atom is 0.191 e. The van der Waals surface area contributed by atoms with Crippen molar-refractivity contribution < 1.29 is 4.74 Å². The Morgan fingerprint density at radius 3 is 2.69 bits per heavy atom. The van der Waals surface area contributed by atoms with Crippen LogP contribution in [0.4, 0.5) is 0 Å². The SMILES string of the molecule is CN=C(NCCN1CCc2ccccc2C1)NCC1CCCOC1C(C)(C)C.I. The molecule has 1 aromatic carbocycles. The van der Waals surface area contributed by atoms with Gasteiger partial charge in [-0.1, -0.05) is 45.0 Å². The molecular formula is C23H39IN4O. The zero-order valence-corrected chi connectivity index (χ0v) is 20.9. The van der Waals surface area contributed by atoms with Crippen LogP contribution in [0.3, 0.4) is 0 Å². The Morgan fingerprint density at radius 1 is 1.21 bits per heavy atom. The van der Waals surface area contributed by atoms with Gasteiger partial charge in [0.25, 0.3) is 0 Å². The fourth-order valence-corrected chi connectivity index (χ4v) is 4.54. The monoisotopic (exact) mass is 514 g/mol. The van der Waals surface area contributed by atoms with E-state index in [0.717, 1.165) is 58.1 Å². The van der Waals surface area contributed by atoms with Gasteiger partial charge in [-0.2, -0.15) is 0 Å². The maximum atomic E-state index is 6.10. The second-order valence-electron chi connectivity index (χ2n) is 9.23. The zero-order chi connectivity index (χ0) is 20.0. The largest absolute Gasteiger partial charge is 0.377 e. The Labute approximate surface area is 194 Å². The van der Waals surface area contributed by atoms with Crippen LogP contribution < -0.4 is 10.6 Å². The summed E-state index contributed by atoms with van der Waals surface area (Å²) in [6.45, 7) is 12.8. The predicted molar refractivity (Wildman–Crippen MR) is 132 cm³/mol. The lowest BCUT2D eigenvalue weighted by Gasteiger charge is -2.40. The Hall–Kier alpha value is -0.860. The molecule has 2 atom stereocenters. The summed E-state index contributed by atoms with van der Waals surface area (Å²) in [6, 6.07) is 8.81. The highest BCUT2D eigenvalue weighted by Gasteiger charge is 2.35. The van der Waals surface area contributed by atoms with Crippen molar-refractivity contribution in [3.05, 3.63) is 35.4 Å². The molecule has 5 nitrogen and oxygen atoms in total. The summed E-state index contributed by atoms with van der Waals surface area (Å²) in [5, 5.41) is 7.03. The van der Waals surface area contributed by atoms with Crippen molar-refractivity contribution in [3.8, 4) is 0 Å². The van der Waals surface area contributed by atoms with E-state index in [4.69, 9.17) is 4.74 Å². The van der Waals surface area contributed by atoms with Gasteiger partial charge in [0.2, 0.25) is 0 Å². The molecule has 3 rings (SSSR count). The van der Waals surface area contributed by atoms with E-state index in [2.05, 4.69) is 65.6 Å². The van der Waals surface area contributed by atoms with E-state index >= 15 is 0 Å². The number of nitrogens with zero attached hydrogens (tertiary/aromatic N) is 2. The van der Waals surface area contributed by atoms with E-state index in [9.17, 15) is 0 Å². The van der Waals surface area contributed by atoms with Gasteiger partial charge in [-0.3, -0.25) is 9.89 Å². The Bertz CT molecular complexity index is 659. The van der Waals surface area contributed by atoms with Gasteiger partial charge in [0.05, 0.1) is 6.10 Å². The molecule has 0 radical (unpaired) electrons. The third-order valence-corrected chi connectivity index (χ3v) is 5.98. The van der Waals surface area contributed by atoms with Crippen LogP contribution in [0.1, 0.15) is 44.7 Å². The molecular weight excluding hydrogens is 475 g/mol. The van der Waals surface area contributed by atoms with Crippen molar-refractivity contribution in [2.45, 2.75) is 52.7 Å². The molecule has 0 saturated carbocycles. The number of fused-ring (bicyclic) bond motifs is 1. The lowest BCUT2D eigenvalue weighted by Crippen LogP contribution is -2.48. The molecule has 2 unspecified atom stereocenters. The smallest absolute Gasteiger partial charge is 0.191 e. The molecule has 0 spiro atoms. The van der Waals surface area contributed by atoms with Gasteiger partial charge in [-0.25, -0.2) is 0 Å². The standard InChI is InChI=1S/C23H38N4O.HI/c1-23(2,3)21-19(10-7-15-28-21)16-26-22(24-4)25-12-14-27-13-11-18-8-5-6-9-20(18)17-27;/h5-6,8-9,19,21H,7,10-17H2,1-4H3,(H2,24,25,26);1H. The van der Waals surface area contributed by atoms with Crippen molar-refractivity contribution in [1.82, 2.24) is 15.5 Å². The van der Waals surface area contributed by atoms with Crippen molar-refractivity contribution in [1.29, 1.82) is 0 Å². The van der Waals surface area contributed by atoms with Gasteiger partial charge < -0.3 is 15.4 Å². The Balaban J connectivity index is 0.00000300. The van der Waals surface area contributed by atoms with E-state index in [1.165, 1.54) is 17.5 Å². The fraction of sp³-hybridized carbons (Fsp3) is 0.696. The number of nitrogens with one attached hydrogen (secondary N) is 2. The predicted octanol–water partition coefficient (Wildman–Crippen LogP) is 3.67. The van der Waals surface area contributed by atoms with Gasteiger partial charge in [0.15, 0.2) is 5.96 Å². The number of halogens is 1. The van der Waals surface area contributed by atoms with Crippen LogP contribution in [0.25, 0.3) is 0 Å². The third kappa shape index (κ3) is 7.10. The Kier molecular flexibility index (Phi) is 9.69. The van der Waals surface area contributed by atoms with Gasteiger partial charge in [-0.05, 0) is 35.8 Å². The first-order valence-electron chi connectivity index (χ1n) is 10.8. The molecule has 1 saturated heterocycles. The average molecular weight is 514 g/mol. The number of ether oxygens (including phenoxy) is 1. The maximum absolute atomic E-state index is 6.10. The molecule has 29 heavy (non-hydrogen) atoms. The van der Waals surface area contributed by atoms with E-state index in [0.29, 0.717) is 12.0 Å². The topological polar surface area (TPSA) is 48.9 Å². The minimum absolute atomic E-state index is 0. The zero-order valence-electron chi connectivity index (χ0n) is 18.5. The number of rotatable bonds is 5. The highest BCUT2D eigenvalue weighted by molar-refractivity contribution is 14.0. The van der Waals surface area contributed by atoms with Gasteiger partial charge in [0, 0.05) is 52.3 Å². The van der Waals surface area contributed by atoms with Crippen molar-refractivity contribution in [3.63, 3.8) is 0 Å². The summed E-state index contributed by atoms with van der Waals surface area (Å²) in [6.07, 6.45) is 3.83. The molecule has 2 aliphatic heterocycles. The van der Waals surface area contributed by atoms with Crippen LogP contribution in [0.15, 0.2) is 29.3 Å². The fourth-order valence-electron chi connectivity index (χ4n) is 4.54. The summed E-state index contributed by atoms with van der Waals surface area (Å²) < 4.78 is 6.10. The Morgan fingerprint density at radius 2 is 1.97 bits per heavy atom. The van der Waals surface area contributed by atoms with E-state index in [1.807, 2.05) is 7.05 Å². The summed E-state index contributed by atoms with van der Waals surface area (Å²) in [7, 11) is 1.85. The van der Waals surface area contributed by atoms with Crippen LogP contribution in [0, 0.1) is 11.3 Å². The van der Waals surface area contributed by atoms with Crippen LogP contribution in [-0.2, 0) is 17.7 Å². The first kappa shape index (κ1) is 24.4. The van der Waals surface area contributed by atoms with Crippen molar-refractivity contribution in [2.24, 2.45) is 16.3 Å². The van der Waals surface area contributed by atoms with Crippen molar-refractivity contribution >= 4 is 29.9 Å². The molecule has 164 valence electrons. The lowest BCUT2D eigenvalue weighted by molar-refractivity contribution is -0.0835. The lowest BCUT2D eigenvalue weighted by atomic mass is 9.78. The van der Waals surface area contributed by atoms with Crippen LogP contribution in [0.2, 0.25) is 0 Å². The summed E-state index contributed by atoms with van der Waals surface area (Å²) >= 11 is 0. The number of guanidine groups is 1. The number of aliphatic imine (C=N–C) groups is 1. The third-order valence-electron chi connectivity index (χ3n) is 5.98. The highest BCUT2D eigenvalue weighted by Crippen LogP contribution is 2.33. The molecule has 1 aromatic rings. The van der Waals surface area contributed by atoms with Crippen LogP contribution in [0.5, 0.6) is 0 Å². The van der Waals surface area contributed by atoms with E-state index < -0.39 is 0 Å². The minimum Gasteiger partial charge on any atom is -0.377 e. The van der Waals surface area contributed by atoms with Crippen molar-refractivity contribution in [2.75, 3.05) is 39.8 Å². The summed E-state index contributed by atoms with van der Waals surface area (Å²) in [4.78, 5) is 6.93. The second kappa shape index (κ2) is 11.5. The normalized spacial score (nSPS) is 23.1. The quantitative estimate of drug-likeness (QED) is 0.358. The van der Waals surface area contributed by atoms with Gasteiger partial charge in [-0.15, -0.1) is 24.0 Å². The molecule has 2 aliphatic rings. The number of hydrogen-bond donors (Lipinski definition) is 2. The highest BCUT2D eigenvalue weighted by atomic mass is 127. The van der Waals surface area contributed by atoms with E-state index in [-0.39, 0.29) is 29.4 Å². The van der Waals surface area contributed by atoms with Gasteiger partial charge in [0.1, 0.15) is 0 Å². The molecule has 0 aromatic heterocycles. The summed E-state index contributed by atoms with van der Waals surface area (Å²) in [5.41, 5.74) is 3.16. The van der Waals surface area contributed by atoms with Crippen LogP contribution >= 0.6 is 24.0 Å². The average Bonchev–Trinajstić information content (AvgIpc) is 2.70. The van der Waals surface area contributed by atoms with Gasteiger partial charge >= 0.3 is 0 Å². The summed E-state index contributed by atoms with van der Waals surface area (Å²) in [5.74, 6) is 1.43. The minimum atomic E-state index is 0. The number of benzene rings is 1. The van der Waals surface area contributed by atoms with E-state index in [1.54, 1.807) is 0 Å². The first-order chi connectivity index (χ1) is 13.5. The molecule has 0 aliphatic carbocycles. The molecule has 1 fully saturated rings. The molecule has 6 heteroatoms. The molecule has 2 heterocycles.